The Kier molecular flexibility index (Phi) is 8.01. The maximum atomic E-state index is 13.2. The monoisotopic (exact) mass is 514 g/mol. The highest BCUT2D eigenvalue weighted by atomic mass is 35.5. The number of pyridine rings is 1. The average molecular weight is 515 g/mol. The number of Topliss-reactive ketones (excluding diaryl/α,β-unsaturated/α-hetero) is 1. The molecule has 1 N–H and O–H groups in total. The average Bonchev–Trinajstić information content (AvgIpc) is 3.27. The van der Waals surface area contributed by atoms with Crippen LogP contribution in [0.5, 0.6) is 5.75 Å². The van der Waals surface area contributed by atoms with E-state index in [1.807, 2.05) is 4.90 Å². The van der Waals surface area contributed by atoms with Crippen LogP contribution in [0.15, 0.2) is 35.8 Å². The zero-order valence-electron chi connectivity index (χ0n) is 19.1. The van der Waals surface area contributed by atoms with Crippen LogP contribution in [0.3, 0.4) is 0 Å². The number of carboxylic acids is 1. The number of fused-ring (bicyclic) bond motifs is 1. The normalized spacial score (nSPS) is 18.1. The number of hydrogen-bond donors (Lipinski definition) is 1. The number of rotatable bonds is 7. The number of carbonyl (C=O) groups is 2. The minimum absolute atomic E-state index is 0.131. The molecule has 35 heavy (non-hydrogen) atoms. The van der Waals surface area contributed by atoms with Crippen molar-refractivity contribution >= 4 is 45.6 Å². The summed E-state index contributed by atoms with van der Waals surface area (Å²) in [4.78, 5) is 32.1. The number of piperidine rings is 1. The van der Waals surface area contributed by atoms with E-state index in [2.05, 4.69) is 16.8 Å². The number of likely N-dealkylation sites (tertiary alicyclic amines) is 1. The van der Waals surface area contributed by atoms with Gasteiger partial charge >= 0.3 is 5.97 Å². The largest absolute Gasteiger partial charge is 0.497 e. The van der Waals surface area contributed by atoms with E-state index in [1.165, 1.54) is 29.0 Å². The molecule has 4 rings (SSSR count). The van der Waals surface area contributed by atoms with E-state index in [9.17, 15) is 19.1 Å². The number of thiophene rings is 1. The van der Waals surface area contributed by atoms with Crippen molar-refractivity contribution in [1.82, 2.24) is 9.88 Å². The van der Waals surface area contributed by atoms with E-state index in [1.54, 1.807) is 25.3 Å². The first-order valence-corrected chi connectivity index (χ1v) is 12.4. The molecule has 3 aromatic rings. The van der Waals surface area contributed by atoms with Crippen molar-refractivity contribution in [1.29, 1.82) is 0 Å². The number of aliphatic carboxylic acids is 1. The van der Waals surface area contributed by atoms with Gasteiger partial charge in [0.25, 0.3) is 0 Å². The molecular weight excluding hydrogens is 491 g/mol. The summed E-state index contributed by atoms with van der Waals surface area (Å²) < 4.78 is 18.4. The molecule has 182 valence electrons. The Morgan fingerprint density at radius 2 is 2.20 bits per heavy atom. The van der Waals surface area contributed by atoms with Gasteiger partial charge in [-0.15, -0.1) is 11.3 Å². The lowest BCUT2D eigenvalue weighted by molar-refractivity contribution is -0.146. The summed E-state index contributed by atoms with van der Waals surface area (Å²) in [5.41, 5.74) is 1.03. The fourth-order valence-corrected chi connectivity index (χ4v) is 5.33. The fraction of sp³-hybridized carbons (Fsp3) is 0.346. The third-order valence-corrected chi connectivity index (χ3v) is 7.39. The van der Waals surface area contributed by atoms with E-state index in [0.717, 1.165) is 0 Å². The number of ketones is 1. The van der Waals surface area contributed by atoms with Gasteiger partial charge < -0.3 is 9.84 Å². The van der Waals surface area contributed by atoms with E-state index >= 15 is 0 Å². The Balaban J connectivity index is 1.41. The van der Waals surface area contributed by atoms with Gasteiger partial charge in [0, 0.05) is 41.6 Å². The van der Waals surface area contributed by atoms with Crippen LogP contribution in [0, 0.1) is 29.5 Å². The third-order valence-electron chi connectivity index (χ3n) is 6.29. The molecule has 0 radical (unpaired) electrons. The Morgan fingerprint density at radius 3 is 2.91 bits per heavy atom. The summed E-state index contributed by atoms with van der Waals surface area (Å²) in [7, 11) is 1.55. The van der Waals surface area contributed by atoms with E-state index in [-0.39, 0.29) is 29.0 Å². The molecule has 2 atom stereocenters. The van der Waals surface area contributed by atoms with Crippen molar-refractivity contribution in [2.24, 2.45) is 11.8 Å². The number of halogens is 2. The van der Waals surface area contributed by atoms with Gasteiger partial charge in [-0.3, -0.25) is 19.5 Å². The predicted octanol–water partition coefficient (Wildman–Crippen LogP) is 5.13. The number of ether oxygens (including phenoxy) is 1. The zero-order valence-corrected chi connectivity index (χ0v) is 20.7. The number of methoxy groups -OCH3 is 1. The first-order chi connectivity index (χ1) is 16.9. The Bertz CT molecular complexity index is 1320. The van der Waals surface area contributed by atoms with Crippen LogP contribution >= 0.6 is 22.9 Å². The molecule has 0 spiro atoms. The van der Waals surface area contributed by atoms with Crippen LogP contribution in [-0.2, 0) is 4.79 Å². The van der Waals surface area contributed by atoms with Gasteiger partial charge in [-0.25, -0.2) is 4.39 Å². The smallest absolute Gasteiger partial charge is 0.308 e. The molecule has 1 saturated heterocycles. The highest BCUT2D eigenvalue weighted by molar-refractivity contribution is 7.10. The molecule has 0 amide bonds. The third kappa shape index (κ3) is 5.99. The van der Waals surface area contributed by atoms with E-state index in [0.29, 0.717) is 59.6 Å². The number of carboxylic acid groups (broad SMARTS) is 1. The summed E-state index contributed by atoms with van der Waals surface area (Å²) >= 11 is 7.59. The Morgan fingerprint density at radius 1 is 1.37 bits per heavy atom. The second-order valence-corrected chi connectivity index (χ2v) is 9.80. The summed E-state index contributed by atoms with van der Waals surface area (Å²) in [6.07, 6.45) is 2.76. The molecule has 1 aromatic carbocycles. The van der Waals surface area contributed by atoms with E-state index in [4.69, 9.17) is 16.3 Å². The van der Waals surface area contributed by atoms with Crippen LogP contribution < -0.4 is 4.74 Å². The fourth-order valence-electron chi connectivity index (χ4n) is 4.45. The molecule has 1 fully saturated rings. The number of nitrogens with zero attached hydrogens (tertiary/aromatic N) is 2. The standard InChI is InChI=1S/C26H24ClFN2O4S/c1-34-18-5-6-23-20(12-18)25(22(27)13-29-23)24(31)7-4-16-8-10-30(14-21(16)26(32)33)9-2-3-19-11-17(28)15-35-19/h5-6,11-13,15-16,21H,4,7-10,14H2,1H3,(H,32,33)/t16-,21+/m0/s1. The maximum absolute atomic E-state index is 13.2. The van der Waals surface area contributed by atoms with Crippen LogP contribution in [0.2, 0.25) is 5.02 Å². The summed E-state index contributed by atoms with van der Waals surface area (Å²) in [6.45, 7) is 1.46. The lowest BCUT2D eigenvalue weighted by Gasteiger charge is -2.35. The second kappa shape index (κ2) is 11.2. The van der Waals surface area contributed by atoms with Crippen molar-refractivity contribution in [3.63, 3.8) is 0 Å². The van der Waals surface area contributed by atoms with Crippen LogP contribution in [0.1, 0.15) is 34.5 Å². The van der Waals surface area contributed by atoms with Crippen LogP contribution in [0.25, 0.3) is 10.9 Å². The first kappa shape index (κ1) is 25.1. The second-order valence-electron chi connectivity index (χ2n) is 8.49. The SMILES string of the molecule is COc1ccc2ncc(Cl)c(C(=O)CC[C@H]3CCN(CC#Cc4cc(F)cs4)C[C@H]3C(=O)O)c2c1. The predicted molar refractivity (Wildman–Crippen MR) is 134 cm³/mol. The quantitative estimate of drug-likeness (QED) is 0.347. The molecule has 0 bridgehead atoms. The van der Waals surface area contributed by atoms with Crippen molar-refractivity contribution in [2.45, 2.75) is 19.3 Å². The highest BCUT2D eigenvalue weighted by Gasteiger charge is 2.34. The van der Waals surface area contributed by atoms with Crippen molar-refractivity contribution in [3.05, 3.63) is 57.1 Å². The van der Waals surface area contributed by atoms with Gasteiger partial charge in [0.15, 0.2) is 5.78 Å². The molecule has 2 aromatic heterocycles. The molecule has 6 nitrogen and oxygen atoms in total. The van der Waals surface area contributed by atoms with Crippen molar-refractivity contribution < 1.29 is 23.8 Å². The van der Waals surface area contributed by atoms with Gasteiger partial charge in [-0.05, 0) is 43.5 Å². The van der Waals surface area contributed by atoms with Gasteiger partial charge in [0.2, 0.25) is 0 Å². The molecule has 3 heterocycles. The molecule has 9 heteroatoms. The Labute approximate surface area is 211 Å². The first-order valence-electron chi connectivity index (χ1n) is 11.2. The lowest BCUT2D eigenvalue weighted by Crippen LogP contribution is -2.44. The summed E-state index contributed by atoms with van der Waals surface area (Å²) in [5.74, 6) is 4.48. The van der Waals surface area contributed by atoms with Crippen LogP contribution in [-0.4, -0.2) is 53.5 Å². The van der Waals surface area contributed by atoms with Gasteiger partial charge in [0.05, 0.1) is 35.0 Å². The maximum Gasteiger partial charge on any atom is 0.308 e. The van der Waals surface area contributed by atoms with E-state index < -0.39 is 11.9 Å². The Hall–Kier alpha value is -2.99. The zero-order chi connectivity index (χ0) is 24.9. The number of aromatic nitrogens is 1. The molecule has 1 aliphatic rings. The molecule has 0 unspecified atom stereocenters. The minimum atomic E-state index is -0.877. The van der Waals surface area contributed by atoms with Gasteiger partial charge in [-0.1, -0.05) is 23.4 Å². The van der Waals surface area contributed by atoms with Crippen molar-refractivity contribution in [2.75, 3.05) is 26.7 Å². The minimum Gasteiger partial charge on any atom is -0.497 e. The summed E-state index contributed by atoms with van der Waals surface area (Å²) in [5, 5.41) is 12.1. The van der Waals surface area contributed by atoms with Gasteiger partial charge in [-0.2, -0.15) is 0 Å². The number of hydrogen-bond acceptors (Lipinski definition) is 6. The molecule has 0 saturated carbocycles. The highest BCUT2D eigenvalue weighted by Crippen LogP contribution is 2.32. The molecule has 0 aliphatic carbocycles. The molecule has 1 aliphatic heterocycles. The lowest BCUT2D eigenvalue weighted by atomic mass is 9.81. The summed E-state index contributed by atoms with van der Waals surface area (Å²) in [6, 6.07) is 6.67. The number of carbonyl (C=O) groups excluding carboxylic acids is 1. The van der Waals surface area contributed by atoms with Crippen LogP contribution in [0.4, 0.5) is 4.39 Å². The van der Waals surface area contributed by atoms with Crippen molar-refractivity contribution in [3.8, 4) is 17.6 Å². The molecular formula is C26H24ClFN2O4S. The van der Waals surface area contributed by atoms with Gasteiger partial charge in [0.1, 0.15) is 11.6 Å². The number of benzene rings is 1. The topological polar surface area (TPSA) is 79.7 Å².